The number of rotatable bonds is 18. The second-order valence-corrected chi connectivity index (χ2v) is 13.5. The molecule has 4 rings (SSSR count). The standard InChI is InChI=1S/C30H36N8O12S2.2Na/c39-11-7-37(8-12-40)27-17-25(33-29(43)35-27)31-21-5-3-19(23(15-21)51(45,46)47)1-2-20-4-6-22(16-24(20)52(48,49)50)32-26-18-28(36-30(44)34-26)38(9-13-41)10-14-42;;/h1-6,15-18,39-42H,7-14H2,(H,45,46,47)(H,48,49,50)(H2,31,33,35,43)(H2,32,34,36,44);;/q;2*+1/p-2/b2-1+;;. The molecule has 0 radical (unpaired) electrons. The van der Waals surface area contributed by atoms with E-state index in [1.165, 1.54) is 58.4 Å². The van der Waals surface area contributed by atoms with E-state index in [1.807, 2.05) is 0 Å². The van der Waals surface area contributed by atoms with Crippen LogP contribution in [0.4, 0.5) is 34.6 Å². The minimum Gasteiger partial charge on any atom is -0.844 e. The summed E-state index contributed by atoms with van der Waals surface area (Å²) >= 11 is 0. The van der Waals surface area contributed by atoms with Crippen LogP contribution in [0.25, 0.3) is 12.2 Å². The molecule has 0 bridgehead atoms. The molecular formula is C30H34N8Na2O12S2. The smallest absolute Gasteiger partial charge is 0.844 e. The first-order valence-electron chi connectivity index (χ1n) is 15.2. The first kappa shape index (κ1) is 47.0. The SMILES string of the molecule is O=S(=O)(O)c1cc(Nc2cc(N(CCO)CCO)nc([O-])n2)ccc1/C=C/c1ccc(Nc2cc(N(CCO)CCO)nc([O-])n2)cc1S(=O)(=O)O.[Na+].[Na+]. The minimum atomic E-state index is -4.89. The fraction of sp³-hybridized carbons (Fsp3) is 0.267. The molecule has 4 aromatic rings. The van der Waals surface area contributed by atoms with Gasteiger partial charge < -0.3 is 51.1 Å². The Morgan fingerprint density at radius 1 is 0.574 bits per heavy atom. The summed E-state index contributed by atoms with van der Waals surface area (Å²) in [6.45, 7) is -1.01. The van der Waals surface area contributed by atoms with Crippen LogP contribution in [0.15, 0.2) is 58.3 Å². The van der Waals surface area contributed by atoms with Crippen molar-refractivity contribution in [2.45, 2.75) is 9.79 Å². The van der Waals surface area contributed by atoms with Crippen LogP contribution in [0.5, 0.6) is 12.0 Å². The summed E-state index contributed by atoms with van der Waals surface area (Å²) < 4.78 is 69.5. The Morgan fingerprint density at radius 2 is 0.907 bits per heavy atom. The molecule has 280 valence electrons. The molecule has 2 heterocycles. The van der Waals surface area contributed by atoms with Gasteiger partial charge in [-0.3, -0.25) is 9.11 Å². The molecule has 0 saturated carbocycles. The normalized spacial score (nSPS) is 11.4. The number of aliphatic hydroxyl groups is 4. The fourth-order valence-corrected chi connectivity index (χ4v) is 6.28. The summed E-state index contributed by atoms with van der Waals surface area (Å²) in [6.07, 6.45) is 2.34. The molecule has 0 saturated heterocycles. The van der Waals surface area contributed by atoms with Gasteiger partial charge in [0.05, 0.1) is 38.4 Å². The molecule has 0 amide bonds. The van der Waals surface area contributed by atoms with Crippen molar-refractivity contribution in [1.82, 2.24) is 19.9 Å². The zero-order chi connectivity index (χ0) is 38.1. The van der Waals surface area contributed by atoms with E-state index in [4.69, 9.17) is 0 Å². The molecule has 8 N–H and O–H groups in total. The summed E-state index contributed by atoms with van der Waals surface area (Å²) in [6, 6.07) is 8.16. The number of anilines is 6. The average Bonchev–Trinajstić information content (AvgIpc) is 3.06. The van der Waals surface area contributed by atoms with Crippen molar-refractivity contribution in [2.75, 3.05) is 73.0 Å². The fourth-order valence-electron chi connectivity index (χ4n) is 4.86. The molecule has 54 heavy (non-hydrogen) atoms. The van der Waals surface area contributed by atoms with Gasteiger partial charge in [-0.05, 0) is 35.4 Å². The van der Waals surface area contributed by atoms with Crippen LogP contribution in [0.2, 0.25) is 0 Å². The quantitative estimate of drug-likeness (QED) is 0.0263. The van der Waals surface area contributed by atoms with E-state index in [1.54, 1.807) is 0 Å². The van der Waals surface area contributed by atoms with Gasteiger partial charge in [0.2, 0.25) is 0 Å². The zero-order valence-corrected chi connectivity index (χ0v) is 34.7. The Balaban J connectivity index is 0.00000504. The van der Waals surface area contributed by atoms with Crippen LogP contribution in [0.1, 0.15) is 11.1 Å². The number of benzene rings is 2. The van der Waals surface area contributed by atoms with E-state index < -0.39 is 42.0 Å². The maximum atomic E-state index is 12.4. The Bertz CT molecular complexity index is 1970. The molecule has 0 aliphatic rings. The van der Waals surface area contributed by atoms with Crippen molar-refractivity contribution in [2.24, 2.45) is 0 Å². The molecule has 0 fully saturated rings. The monoisotopic (exact) mass is 808 g/mol. The van der Waals surface area contributed by atoms with Crippen molar-refractivity contribution in [3.63, 3.8) is 0 Å². The topological polar surface area (TPSA) is 318 Å². The van der Waals surface area contributed by atoms with Crippen LogP contribution in [-0.4, -0.2) is 119 Å². The largest absolute Gasteiger partial charge is 1.00 e. The van der Waals surface area contributed by atoms with Gasteiger partial charge in [0.25, 0.3) is 20.2 Å². The van der Waals surface area contributed by atoms with Gasteiger partial charge in [0, 0.05) is 49.7 Å². The summed E-state index contributed by atoms with van der Waals surface area (Å²) in [4.78, 5) is 16.6. The van der Waals surface area contributed by atoms with Gasteiger partial charge in [-0.25, -0.2) is 19.9 Å². The number of nitrogens with zero attached hydrogens (tertiary/aromatic N) is 6. The van der Waals surface area contributed by atoms with Crippen LogP contribution < -0.4 is 89.8 Å². The van der Waals surface area contributed by atoms with E-state index in [2.05, 4.69) is 30.6 Å². The van der Waals surface area contributed by atoms with Crippen LogP contribution in [-0.2, 0) is 20.2 Å². The maximum absolute atomic E-state index is 12.4. The van der Waals surface area contributed by atoms with Crippen molar-refractivity contribution in [3.8, 4) is 12.0 Å². The van der Waals surface area contributed by atoms with Gasteiger partial charge in [-0.2, -0.15) is 16.8 Å². The van der Waals surface area contributed by atoms with E-state index in [9.17, 15) is 56.6 Å². The number of hydrogen-bond acceptors (Lipinski definition) is 18. The van der Waals surface area contributed by atoms with E-state index >= 15 is 0 Å². The van der Waals surface area contributed by atoms with Crippen molar-refractivity contribution >= 4 is 67.0 Å². The van der Waals surface area contributed by atoms with Crippen LogP contribution >= 0.6 is 0 Å². The molecule has 0 unspecified atom stereocenters. The molecule has 0 aliphatic heterocycles. The summed E-state index contributed by atoms with van der Waals surface area (Å²) in [5.41, 5.74) is -0.0889. The third kappa shape index (κ3) is 13.2. The van der Waals surface area contributed by atoms with Gasteiger partial charge >= 0.3 is 59.1 Å². The Kier molecular flexibility index (Phi) is 18.4. The third-order valence-electron chi connectivity index (χ3n) is 7.08. The number of nitrogens with one attached hydrogen (secondary N) is 2. The molecule has 2 aromatic heterocycles. The molecular weight excluding hydrogens is 774 g/mol. The van der Waals surface area contributed by atoms with E-state index in [0.717, 1.165) is 12.1 Å². The van der Waals surface area contributed by atoms with Crippen molar-refractivity contribution in [3.05, 3.63) is 59.7 Å². The van der Waals surface area contributed by atoms with Crippen molar-refractivity contribution in [1.29, 1.82) is 0 Å². The molecule has 24 heteroatoms. The van der Waals surface area contributed by atoms with E-state index in [0.29, 0.717) is 0 Å². The van der Waals surface area contributed by atoms with Crippen LogP contribution in [0, 0.1) is 0 Å². The summed E-state index contributed by atoms with van der Waals surface area (Å²) in [7, 11) is -9.79. The first-order chi connectivity index (χ1) is 24.6. The molecule has 0 aliphatic carbocycles. The Hall–Kier alpha value is -3.20. The Morgan fingerprint density at radius 3 is 1.20 bits per heavy atom. The predicted molar refractivity (Wildman–Crippen MR) is 184 cm³/mol. The van der Waals surface area contributed by atoms with Gasteiger partial charge in [0.15, 0.2) is 0 Å². The van der Waals surface area contributed by atoms with Gasteiger partial charge in [-0.15, -0.1) is 0 Å². The van der Waals surface area contributed by atoms with Gasteiger partial charge in [-0.1, -0.05) is 24.3 Å². The number of aromatic nitrogens is 4. The van der Waals surface area contributed by atoms with Crippen LogP contribution in [0.3, 0.4) is 0 Å². The van der Waals surface area contributed by atoms with Gasteiger partial charge in [0.1, 0.15) is 33.1 Å². The average molecular weight is 809 g/mol. The first-order valence-corrected chi connectivity index (χ1v) is 18.0. The third-order valence-corrected chi connectivity index (χ3v) is 8.90. The molecule has 0 atom stereocenters. The minimum absolute atomic E-state index is 0. The zero-order valence-electron chi connectivity index (χ0n) is 29.1. The molecule has 2 aromatic carbocycles. The summed E-state index contributed by atoms with van der Waals surface area (Å²) in [5.74, 6) is 0.0277. The second kappa shape index (κ2) is 21.2. The predicted octanol–water partition coefficient (Wildman–Crippen LogP) is -6.85. The van der Waals surface area contributed by atoms with Crippen molar-refractivity contribution < 1.29 is 116 Å². The van der Waals surface area contributed by atoms with E-state index in [-0.39, 0.29) is 157 Å². The second-order valence-electron chi connectivity index (χ2n) is 10.7. The molecule has 0 spiro atoms. The summed E-state index contributed by atoms with van der Waals surface area (Å²) in [5, 5.41) is 67.1. The Labute approximate surface area is 354 Å². The number of aliphatic hydroxyl groups excluding tert-OH is 4. The number of hydrogen-bond donors (Lipinski definition) is 8. The molecule has 20 nitrogen and oxygen atoms in total. The maximum Gasteiger partial charge on any atom is 1.00 e.